The molecule has 0 saturated carbocycles. The summed E-state index contributed by atoms with van der Waals surface area (Å²) in [6, 6.07) is 0.893. The van der Waals surface area contributed by atoms with Crippen LogP contribution in [0.1, 0.15) is 53.4 Å². The number of nitrogens with zero attached hydrogens (tertiary/aromatic N) is 3. The lowest BCUT2D eigenvalue weighted by Gasteiger charge is -2.41. The molecule has 3 heterocycles. The van der Waals surface area contributed by atoms with Gasteiger partial charge in [0, 0.05) is 25.0 Å². The highest BCUT2D eigenvalue weighted by Crippen LogP contribution is 2.27. The van der Waals surface area contributed by atoms with Crippen molar-refractivity contribution >= 4 is 5.91 Å². The topological polar surface area (TPSA) is 36.0 Å². The highest BCUT2D eigenvalue weighted by molar-refractivity contribution is 5.78. The van der Waals surface area contributed by atoms with Gasteiger partial charge in [-0.1, -0.05) is 27.7 Å². The van der Waals surface area contributed by atoms with Crippen LogP contribution in [0.15, 0.2) is 0 Å². The fourth-order valence-corrected chi connectivity index (χ4v) is 4.46. The minimum Gasteiger partial charge on any atom is -0.378 e. The first-order valence-electron chi connectivity index (χ1n) is 11.2. The van der Waals surface area contributed by atoms with Gasteiger partial charge in [-0.3, -0.25) is 4.79 Å². The molecule has 5 nitrogen and oxygen atoms in total. The van der Waals surface area contributed by atoms with Crippen molar-refractivity contribution < 1.29 is 9.53 Å². The molecule has 0 bridgehead atoms. The van der Waals surface area contributed by atoms with Crippen LogP contribution in [0.2, 0.25) is 0 Å². The van der Waals surface area contributed by atoms with Crippen LogP contribution < -0.4 is 0 Å². The lowest BCUT2D eigenvalue weighted by molar-refractivity contribution is -0.138. The molecule has 0 radical (unpaired) electrons. The number of carbonyl (C=O) groups is 1. The van der Waals surface area contributed by atoms with Crippen molar-refractivity contribution in [3.8, 4) is 0 Å². The first kappa shape index (κ1) is 22.6. The maximum Gasteiger partial charge on any atom is 0.225 e. The van der Waals surface area contributed by atoms with Crippen LogP contribution in [0, 0.1) is 17.8 Å². The summed E-state index contributed by atoms with van der Waals surface area (Å²) in [5, 5.41) is 0. The predicted octanol–water partition coefficient (Wildman–Crippen LogP) is 2.95. The van der Waals surface area contributed by atoms with Crippen LogP contribution >= 0.6 is 0 Å². The van der Waals surface area contributed by atoms with Gasteiger partial charge in [0.2, 0.25) is 5.91 Å². The van der Waals surface area contributed by atoms with Gasteiger partial charge in [-0.25, -0.2) is 0 Å². The zero-order chi connectivity index (χ0) is 19.8. The number of morpholine rings is 1. The third kappa shape index (κ3) is 7.35. The molecule has 3 saturated heterocycles. The van der Waals surface area contributed by atoms with Gasteiger partial charge in [0.15, 0.2) is 0 Å². The van der Waals surface area contributed by atoms with Gasteiger partial charge in [-0.2, -0.15) is 0 Å². The second kappa shape index (κ2) is 11.4. The molecule has 1 amide bonds. The highest BCUT2D eigenvalue weighted by Gasteiger charge is 2.28. The monoisotopic (exact) mass is 381 g/mol. The van der Waals surface area contributed by atoms with Crippen molar-refractivity contribution in [3.63, 3.8) is 0 Å². The highest BCUT2D eigenvalue weighted by atomic mass is 16.5. The fourth-order valence-electron chi connectivity index (χ4n) is 4.46. The van der Waals surface area contributed by atoms with Gasteiger partial charge in [0.1, 0.15) is 0 Å². The number of carbonyl (C=O) groups excluding carboxylic acids is 1. The number of rotatable bonds is 3. The molecule has 0 spiro atoms. The number of piperidine rings is 2. The van der Waals surface area contributed by atoms with Crippen LogP contribution in [-0.2, 0) is 9.53 Å². The summed E-state index contributed by atoms with van der Waals surface area (Å²) in [6.45, 7) is 16.9. The fraction of sp³-hybridized carbons (Fsp3) is 0.955. The summed E-state index contributed by atoms with van der Waals surface area (Å²) in [6.07, 6.45) is 5.65. The van der Waals surface area contributed by atoms with Crippen LogP contribution in [0.3, 0.4) is 0 Å². The smallest absolute Gasteiger partial charge is 0.225 e. The van der Waals surface area contributed by atoms with Gasteiger partial charge in [-0.15, -0.1) is 0 Å². The average Bonchev–Trinajstić information content (AvgIpc) is 2.69. The van der Waals surface area contributed by atoms with Crippen LogP contribution in [0.4, 0.5) is 0 Å². The molecule has 0 N–H and O–H groups in total. The largest absolute Gasteiger partial charge is 0.378 e. The first-order chi connectivity index (χ1) is 12.9. The number of hydrogen-bond donors (Lipinski definition) is 0. The molecular formula is C22H43N3O2. The van der Waals surface area contributed by atoms with Gasteiger partial charge in [0.25, 0.3) is 0 Å². The minimum atomic E-state index is 0.119. The first-order valence-corrected chi connectivity index (χ1v) is 11.2. The predicted molar refractivity (Wildman–Crippen MR) is 112 cm³/mol. The van der Waals surface area contributed by atoms with E-state index in [-0.39, 0.29) is 11.8 Å². The van der Waals surface area contributed by atoms with Gasteiger partial charge >= 0.3 is 0 Å². The third-order valence-corrected chi connectivity index (χ3v) is 6.54. The lowest BCUT2D eigenvalue weighted by atomic mass is 9.85. The van der Waals surface area contributed by atoms with Gasteiger partial charge in [-0.05, 0) is 70.7 Å². The zero-order valence-corrected chi connectivity index (χ0v) is 18.5. The summed E-state index contributed by atoms with van der Waals surface area (Å²) in [4.78, 5) is 18.5. The van der Waals surface area contributed by atoms with E-state index in [0.29, 0.717) is 13.2 Å². The standard InChI is InChI=1S/C14H28N2.C8H15NO2/c1-12(2)13-4-10-16(11-5-13)14-6-8-15(3)9-7-14;1-7(2)8(10)9-3-5-11-6-4-9/h12-14H,4-11H2,1-3H3;7H,3-6H2,1-2H3. The Morgan fingerprint density at radius 2 is 1.41 bits per heavy atom. The Hall–Kier alpha value is -0.650. The van der Waals surface area contributed by atoms with Crippen molar-refractivity contribution in [2.75, 3.05) is 59.5 Å². The van der Waals surface area contributed by atoms with E-state index < -0.39 is 0 Å². The SMILES string of the molecule is CC(C)C(=O)N1CCOCC1.CC(C)C1CCN(C2CCN(C)CC2)CC1. The molecule has 5 heteroatoms. The van der Waals surface area contributed by atoms with Crippen molar-refractivity contribution in [3.05, 3.63) is 0 Å². The Morgan fingerprint density at radius 1 is 0.852 bits per heavy atom. The number of likely N-dealkylation sites (tertiary alicyclic amines) is 2. The van der Waals surface area contributed by atoms with Crippen molar-refractivity contribution in [2.45, 2.75) is 59.4 Å². The summed E-state index contributed by atoms with van der Waals surface area (Å²) in [7, 11) is 2.25. The Kier molecular flexibility index (Phi) is 9.54. The molecule has 0 aromatic heterocycles. The van der Waals surface area contributed by atoms with E-state index in [2.05, 4.69) is 30.7 Å². The van der Waals surface area contributed by atoms with Crippen molar-refractivity contribution in [1.82, 2.24) is 14.7 Å². The summed E-state index contributed by atoms with van der Waals surface area (Å²) in [5.74, 6) is 2.24. The molecule has 0 aromatic rings. The van der Waals surface area contributed by atoms with Crippen LogP contribution in [0.5, 0.6) is 0 Å². The molecule has 0 aromatic carbocycles. The Morgan fingerprint density at radius 3 is 1.89 bits per heavy atom. The molecule has 3 rings (SSSR count). The van der Waals surface area contributed by atoms with E-state index >= 15 is 0 Å². The minimum absolute atomic E-state index is 0.119. The molecular weight excluding hydrogens is 338 g/mol. The molecule has 3 aliphatic heterocycles. The molecule has 0 aliphatic carbocycles. The van der Waals surface area contributed by atoms with E-state index in [4.69, 9.17) is 4.74 Å². The Bertz CT molecular complexity index is 419. The lowest BCUT2D eigenvalue weighted by Crippen LogP contribution is -2.47. The maximum absolute atomic E-state index is 11.4. The third-order valence-electron chi connectivity index (χ3n) is 6.54. The van der Waals surface area contributed by atoms with Crippen molar-refractivity contribution in [2.24, 2.45) is 17.8 Å². The molecule has 0 unspecified atom stereocenters. The Balaban J connectivity index is 0.000000208. The molecule has 158 valence electrons. The number of ether oxygens (including phenoxy) is 1. The van der Waals surface area contributed by atoms with Gasteiger partial charge in [0.05, 0.1) is 13.2 Å². The van der Waals surface area contributed by atoms with E-state index in [1.165, 1.54) is 51.9 Å². The second-order valence-corrected chi connectivity index (χ2v) is 9.24. The van der Waals surface area contributed by atoms with E-state index in [1.807, 2.05) is 18.7 Å². The van der Waals surface area contributed by atoms with E-state index in [0.717, 1.165) is 31.0 Å². The van der Waals surface area contributed by atoms with Crippen LogP contribution in [-0.4, -0.2) is 86.2 Å². The van der Waals surface area contributed by atoms with Gasteiger partial charge < -0.3 is 19.4 Å². The summed E-state index contributed by atoms with van der Waals surface area (Å²) >= 11 is 0. The molecule has 27 heavy (non-hydrogen) atoms. The molecule has 3 aliphatic rings. The normalized spacial score (nSPS) is 24.2. The summed E-state index contributed by atoms with van der Waals surface area (Å²) < 4.78 is 5.14. The molecule has 0 atom stereocenters. The van der Waals surface area contributed by atoms with E-state index in [1.54, 1.807) is 0 Å². The maximum atomic E-state index is 11.4. The second-order valence-electron chi connectivity index (χ2n) is 9.24. The summed E-state index contributed by atoms with van der Waals surface area (Å²) in [5.41, 5.74) is 0. The number of amides is 1. The zero-order valence-electron chi connectivity index (χ0n) is 18.5. The van der Waals surface area contributed by atoms with Crippen LogP contribution in [0.25, 0.3) is 0 Å². The van der Waals surface area contributed by atoms with Crippen molar-refractivity contribution in [1.29, 1.82) is 0 Å². The Labute approximate surface area is 167 Å². The molecule has 3 fully saturated rings. The van der Waals surface area contributed by atoms with E-state index in [9.17, 15) is 4.79 Å². The number of hydrogen-bond acceptors (Lipinski definition) is 4. The quantitative estimate of drug-likeness (QED) is 0.753. The average molecular weight is 382 g/mol.